The second-order valence-electron chi connectivity index (χ2n) is 10.9. The van der Waals surface area contributed by atoms with Gasteiger partial charge in [0.1, 0.15) is 11.8 Å². The summed E-state index contributed by atoms with van der Waals surface area (Å²) >= 11 is 0. The molecule has 1 saturated heterocycles. The van der Waals surface area contributed by atoms with Crippen molar-refractivity contribution < 1.29 is 28.7 Å². The van der Waals surface area contributed by atoms with E-state index >= 15 is 0 Å². The van der Waals surface area contributed by atoms with E-state index in [-0.39, 0.29) is 23.7 Å². The molecule has 3 atom stereocenters. The van der Waals surface area contributed by atoms with Crippen molar-refractivity contribution >= 4 is 29.4 Å². The van der Waals surface area contributed by atoms with Gasteiger partial charge in [-0.3, -0.25) is 19.3 Å². The summed E-state index contributed by atoms with van der Waals surface area (Å²) in [5.74, 6) is -3.58. The second kappa shape index (κ2) is 9.93. The number of esters is 1. The van der Waals surface area contributed by atoms with Crippen molar-refractivity contribution in [2.24, 2.45) is 17.8 Å². The lowest BCUT2D eigenvalue weighted by molar-refractivity contribution is -0.162. The van der Waals surface area contributed by atoms with Crippen LogP contribution in [0.25, 0.3) is 0 Å². The lowest BCUT2D eigenvalue weighted by Gasteiger charge is -2.45. The fraction of sp³-hybridized carbons (Fsp3) is 0.312. The zero-order valence-corrected chi connectivity index (χ0v) is 22.5. The summed E-state index contributed by atoms with van der Waals surface area (Å²) in [6.45, 7) is 2.98. The number of carbonyl (C=O) groups is 4. The summed E-state index contributed by atoms with van der Waals surface area (Å²) < 4.78 is 10.5. The zero-order chi connectivity index (χ0) is 28.1. The highest BCUT2D eigenvalue weighted by atomic mass is 16.5. The van der Waals surface area contributed by atoms with E-state index in [2.05, 4.69) is 5.32 Å². The summed E-state index contributed by atoms with van der Waals surface area (Å²) in [6.07, 6.45) is 0. The number of rotatable bonds is 7. The molecule has 1 fully saturated rings. The van der Waals surface area contributed by atoms with Crippen LogP contribution in [0.3, 0.4) is 0 Å². The molecule has 3 aromatic carbocycles. The first-order valence-electron chi connectivity index (χ1n) is 13.5. The number of amides is 3. The van der Waals surface area contributed by atoms with Gasteiger partial charge in [-0.25, -0.2) is 4.79 Å². The molecule has 7 rings (SSSR count). The molecule has 0 saturated carbocycles. The van der Waals surface area contributed by atoms with Crippen LogP contribution in [0.15, 0.2) is 72.8 Å². The molecular weight excluding hydrogens is 508 g/mol. The van der Waals surface area contributed by atoms with Crippen LogP contribution in [0.5, 0.6) is 5.75 Å². The molecular formula is C32H30N2O6. The van der Waals surface area contributed by atoms with E-state index < -0.39 is 42.3 Å². The van der Waals surface area contributed by atoms with Crippen molar-refractivity contribution in [1.29, 1.82) is 0 Å². The first-order valence-corrected chi connectivity index (χ1v) is 13.5. The molecule has 0 unspecified atom stereocenters. The number of anilines is 1. The third-order valence-corrected chi connectivity index (χ3v) is 8.33. The minimum absolute atomic E-state index is 0.263. The Kier molecular flexibility index (Phi) is 6.41. The maximum absolute atomic E-state index is 14.1. The molecule has 1 aliphatic heterocycles. The van der Waals surface area contributed by atoms with Gasteiger partial charge < -0.3 is 14.8 Å². The fourth-order valence-corrected chi connectivity index (χ4v) is 6.77. The van der Waals surface area contributed by atoms with Crippen LogP contribution < -0.4 is 10.1 Å². The van der Waals surface area contributed by atoms with Crippen LogP contribution in [0.1, 0.15) is 47.9 Å². The topological polar surface area (TPSA) is 102 Å². The van der Waals surface area contributed by atoms with E-state index in [0.717, 1.165) is 27.2 Å². The number of methoxy groups -OCH3 is 1. The summed E-state index contributed by atoms with van der Waals surface area (Å²) in [5.41, 5.74) is 4.74. The molecule has 1 heterocycles. The average molecular weight is 539 g/mol. The van der Waals surface area contributed by atoms with Gasteiger partial charge in [-0.05, 0) is 40.3 Å². The van der Waals surface area contributed by atoms with E-state index in [1.54, 1.807) is 38.1 Å². The number of carbonyl (C=O) groups excluding carboxylic acids is 4. The van der Waals surface area contributed by atoms with Crippen molar-refractivity contribution in [3.63, 3.8) is 0 Å². The van der Waals surface area contributed by atoms with Crippen LogP contribution in [0.2, 0.25) is 0 Å². The largest absolute Gasteiger partial charge is 0.497 e. The van der Waals surface area contributed by atoms with Crippen LogP contribution in [0.4, 0.5) is 5.69 Å². The van der Waals surface area contributed by atoms with E-state index in [4.69, 9.17) is 9.47 Å². The molecule has 1 N–H and O–H groups in total. The van der Waals surface area contributed by atoms with Gasteiger partial charge in [-0.15, -0.1) is 0 Å². The van der Waals surface area contributed by atoms with Gasteiger partial charge in [0.2, 0.25) is 11.8 Å². The predicted molar refractivity (Wildman–Crippen MR) is 147 cm³/mol. The SMILES string of the molecule is COc1cccc(NC(=O)COC(=O)[C@H](C(C)C)N2C(=O)[C@@H]3C4c5ccccc5C(c5ccccc54)[C@H]3C2=O)c1. The van der Waals surface area contributed by atoms with Crippen molar-refractivity contribution in [2.45, 2.75) is 31.7 Å². The Morgan fingerprint density at radius 3 is 1.82 bits per heavy atom. The highest BCUT2D eigenvalue weighted by Crippen LogP contribution is 2.61. The Balaban J connectivity index is 1.25. The minimum atomic E-state index is -1.14. The van der Waals surface area contributed by atoms with Gasteiger partial charge in [0.15, 0.2) is 6.61 Å². The third kappa shape index (κ3) is 3.97. The summed E-state index contributed by atoms with van der Waals surface area (Å²) in [6, 6.07) is 21.6. The zero-order valence-electron chi connectivity index (χ0n) is 22.5. The molecule has 8 nitrogen and oxygen atoms in total. The highest BCUT2D eigenvalue weighted by Gasteiger charge is 2.63. The standard InChI is InChI=1S/C32H30N2O6/c1-17(2)29(32(38)40-16-24(35)33-18-9-8-10-19(15-18)39-3)34-30(36)27-25-20-11-4-5-12-21(20)26(28(27)31(34)37)23-14-7-6-13-22(23)25/h4-15,17,25-29H,16H2,1-3H3,(H,33,35)/t25?,26?,27-,28-,29+/m1/s1. The quantitative estimate of drug-likeness (QED) is 0.359. The maximum atomic E-state index is 14.1. The maximum Gasteiger partial charge on any atom is 0.330 e. The lowest BCUT2D eigenvalue weighted by atomic mass is 9.55. The van der Waals surface area contributed by atoms with Crippen LogP contribution in [-0.2, 0) is 23.9 Å². The molecule has 8 heteroatoms. The number of benzene rings is 3. The van der Waals surface area contributed by atoms with Gasteiger partial charge in [-0.2, -0.15) is 0 Å². The smallest absolute Gasteiger partial charge is 0.330 e. The summed E-state index contributed by atoms with van der Waals surface area (Å²) in [7, 11) is 1.52. The number of imide groups is 1. The molecule has 0 spiro atoms. The first-order chi connectivity index (χ1) is 19.3. The molecule has 3 aromatic rings. The molecule has 3 amide bonds. The van der Waals surface area contributed by atoms with Gasteiger partial charge in [-0.1, -0.05) is 68.4 Å². The Morgan fingerprint density at radius 2 is 1.35 bits per heavy atom. The van der Waals surface area contributed by atoms with Gasteiger partial charge in [0.25, 0.3) is 5.91 Å². The third-order valence-electron chi connectivity index (χ3n) is 8.33. The Hall–Kier alpha value is -4.46. The molecule has 40 heavy (non-hydrogen) atoms. The first kappa shape index (κ1) is 25.8. The number of ether oxygens (including phenoxy) is 2. The number of nitrogens with zero attached hydrogens (tertiary/aromatic N) is 1. The number of likely N-dealkylation sites (tertiary alicyclic amines) is 1. The van der Waals surface area contributed by atoms with Crippen LogP contribution >= 0.6 is 0 Å². The van der Waals surface area contributed by atoms with Gasteiger partial charge in [0, 0.05) is 23.6 Å². The molecule has 0 aromatic heterocycles. The Bertz CT molecular complexity index is 1420. The molecule has 0 radical (unpaired) electrons. The van der Waals surface area contributed by atoms with E-state index in [1.165, 1.54) is 7.11 Å². The molecule has 3 aliphatic carbocycles. The molecule has 2 bridgehead atoms. The fourth-order valence-electron chi connectivity index (χ4n) is 6.77. The minimum Gasteiger partial charge on any atom is -0.497 e. The summed E-state index contributed by atoms with van der Waals surface area (Å²) in [5, 5.41) is 2.66. The predicted octanol–water partition coefficient (Wildman–Crippen LogP) is 4.09. The van der Waals surface area contributed by atoms with E-state index in [1.807, 2.05) is 48.5 Å². The summed E-state index contributed by atoms with van der Waals surface area (Å²) in [4.78, 5) is 55.1. The van der Waals surface area contributed by atoms with Crippen molar-refractivity contribution in [3.05, 3.63) is 95.1 Å². The van der Waals surface area contributed by atoms with Crippen molar-refractivity contribution in [2.75, 3.05) is 19.0 Å². The Morgan fingerprint density at radius 1 is 0.825 bits per heavy atom. The van der Waals surface area contributed by atoms with Crippen molar-refractivity contribution in [3.8, 4) is 5.75 Å². The monoisotopic (exact) mass is 538 g/mol. The van der Waals surface area contributed by atoms with Crippen molar-refractivity contribution in [1.82, 2.24) is 4.90 Å². The lowest BCUT2D eigenvalue weighted by Crippen LogP contribution is -2.49. The Labute approximate surface area is 232 Å². The molecule has 4 aliphatic rings. The second-order valence-corrected chi connectivity index (χ2v) is 10.9. The normalized spacial score (nSPS) is 22.9. The van der Waals surface area contributed by atoms with Crippen LogP contribution in [-0.4, -0.2) is 48.3 Å². The number of hydrogen-bond donors (Lipinski definition) is 1. The molecule has 204 valence electrons. The van der Waals surface area contributed by atoms with E-state index in [9.17, 15) is 19.2 Å². The van der Waals surface area contributed by atoms with Crippen LogP contribution in [0, 0.1) is 17.8 Å². The highest BCUT2D eigenvalue weighted by molar-refractivity contribution is 6.10. The number of hydrogen-bond acceptors (Lipinski definition) is 6. The average Bonchev–Trinajstić information content (AvgIpc) is 3.22. The van der Waals surface area contributed by atoms with Gasteiger partial charge in [0.05, 0.1) is 18.9 Å². The number of nitrogens with one attached hydrogen (secondary N) is 1. The van der Waals surface area contributed by atoms with E-state index in [0.29, 0.717) is 11.4 Å². The van der Waals surface area contributed by atoms with Gasteiger partial charge >= 0.3 is 5.97 Å².